The van der Waals surface area contributed by atoms with Crippen molar-refractivity contribution < 1.29 is 29.4 Å². The number of oxime groups is 1. The first-order chi connectivity index (χ1) is 10.8. The van der Waals surface area contributed by atoms with Crippen LogP contribution >= 0.6 is 0 Å². The number of carbonyl (C=O) groups is 2. The van der Waals surface area contributed by atoms with E-state index < -0.39 is 41.8 Å². The number of para-hydroxylation sites is 1. The molecule has 98 valence electrons. The summed E-state index contributed by atoms with van der Waals surface area (Å²) < 4.78 is 40.1. The molecule has 0 fully saturated rings. The number of nitrogens with zero attached hydrogens (tertiary/aromatic N) is 1. The quantitative estimate of drug-likeness (QED) is 0.592. The summed E-state index contributed by atoms with van der Waals surface area (Å²) in [4.78, 5) is 28.3. The lowest BCUT2D eigenvalue weighted by Gasteiger charge is -2.16. The summed E-state index contributed by atoms with van der Waals surface area (Å²) in [6.07, 6.45) is 0.887. The van der Waals surface area contributed by atoms with Gasteiger partial charge in [-0.25, -0.2) is 9.59 Å². The van der Waals surface area contributed by atoms with Crippen molar-refractivity contribution in [2.45, 2.75) is 0 Å². The van der Waals surface area contributed by atoms with Crippen molar-refractivity contribution in [1.29, 1.82) is 0 Å². The van der Waals surface area contributed by atoms with Crippen molar-refractivity contribution in [3.63, 3.8) is 0 Å². The fraction of sp³-hybridized carbons (Fsp3) is 0.154. The smallest absolute Gasteiger partial charge is 0.360 e. The maximum Gasteiger partial charge on any atom is 0.360 e. The maximum atomic E-state index is 11.8. The summed E-state index contributed by atoms with van der Waals surface area (Å²) in [5, 5.41) is 3.50. The predicted molar refractivity (Wildman–Crippen MR) is 66.5 cm³/mol. The van der Waals surface area contributed by atoms with Gasteiger partial charge in [-0.3, -0.25) is 0 Å². The number of benzene rings is 1. The number of fused-ring (bicyclic) bond motifs is 1. The summed E-state index contributed by atoms with van der Waals surface area (Å²) in [5.41, 5.74) is -0.746. The van der Waals surface area contributed by atoms with E-state index in [-0.39, 0.29) is 16.9 Å². The van der Waals surface area contributed by atoms with E-state index in [4.69, 9.17) is 10.3 Å². The highest BCUT2D eigenvalue weighted by molar-refractivity contribution is 6.55. The zero-order valence-corrected chi connectivity index (χ0v) is 10.1. The third kappa shape index (κ3) is 2.47. The Labute approximate surface area is 114 Å². The lowest BCUT2D eigenvalue weighted by molar-refractivity contribution is -0.134. The van der Waals surface area contributed by atoms with Gasteiger partial charge >= 0.3 is 11.9 Å². The van der Waals surface area contributed by atoms with E-state index in [9.17, 15) is 9.59 Å². The topological polar surface area (TPSA) is 74.2 Å². The Kier molecular flexibility index (Phi) is 2.38. The van der Waals surface area contributed by atoms with Crippen molar-refractivity contribution in [3.05, 3.63) is 35.8 Å². The van der Waals surface area contributed by atoms with Crippen LogP contribution in [0.2, 0.25) is 0 Å². The first-order valence-corrected chi connectivity index (χ1v) is 5.07. The number of hydrogen-bond donors (Lipinski definition) is 0. The van der Waals surface area contributed by atoms with Gasteiger partial charge in [-0.05, 0) is 6.04 Å². The molecule has 1 aromatic rings. The van der Waals surface area contributed by atoms with E-state index >= 15 is 0 Å². The molecule has 0 bridgehead atoms. The van der Waals surface area contributed by atoms with Gasteiger partial charge in [-0.2, -0.15) is 0 Å². The van der Waals surface area contributed by atoms with Gasteiger partial charge < -0.3 is 14.3 Å². The van der Waals surface area contributed by atoms with Crippen LogP contribution in [0.4, 0.5) is 0 Å². The molecule has 1 aromatic carbocycles. The van der Waals surface area contributed by atoms with E-state index in [0.717, 1.165) is 20.3 Å². The molecule has 0 aliphatic carbocycles. The number of hydrogen-bond acceptors (Lipinski definition) is 6. The fourth-order valence-corrected chi connectivity index (χ4v) is 1.38. The highest BCUT2D eigenvalue weighted by Crippen LogP contribution is 2.31. The molecular formula is C13H11NO5. The average molecular weight is 265 g/mol. The van der Waals surface area contributed by atoms with Crippen LogP contribution < -0.4 is 4.84 Å². The zero-order valence-electron chi connectivity index (χ0n) is 14.1. The van der Waals surface area contributed by atoms with E-state index in [1.165, 1.54) is 0 Å². The van der Waals surface area contributed by atoms with Crippen LogP contribution in [0.25, 0.3) is 5.57 Å². The SMILES string of the molecule is [2H]c1c([2H])c([2H])c2c(c1[2H])ON=C(C(=O)OC)/C2=C/C(=O)OC. The zero-order chi connectivity index (χ0) is 17.3. The standard InChI is InChI=1S/C13H11NO5/c1-17-11(15)7-9-8-5-3-4-6-10(8)19-14-12(9)13(16)18-2/h3-7H,1-2H3/b9-7+/i3D,4D,5D,6D. The van der Waals surface area contributed by atoms with Crippen LogP contribution in [0.5, 0.6) is 5.75 Å². The molecule has 6 heteroatoms. The van der Waals surface area contributed by atoms with Crippen molar-refractivity contribution in [2.24, 2.45) is 5.16 Å². The predicted octanol–water partition coefficient (Wildman–Crippen LogP) is 1.16. The number of carbonyl (C=O) groups excluding carboxylic acids is 2. The molecule has 0 saturated carbocycles. The van der Waals surface area contributed by atoms with Crippen LogP contribution in [0.3, 0.4) is 0 Å². The highest BCUT2D eigenvalue weighted by atomic mass is 16.6. The van der Waals surface area contributed by atoms with E-state index in [1.807, 2.05) is 0 Å². The normalized spacial score (nSPS) is 18.0. The Morgan fingerprint density at radius 2 is 2.05 bits per heavy atom. The molecule has 1 heterocycles. The largest absolute Gasteiger partial charge is 0.466 e. The molecule has 19 heavy (non-hydrogen) atoms. The van der Waals surface area contributed by atoms with Gasteiger partial charge in [0.15, 0.2) is 11.5 Å². The summed E-state index contributed by atoms with van der Waals surface area (Å²) >= 11 is 0. The highest BCUT2D eigenvalue weighted by Gasteiger charge is 2.27. The number of methoxy groups -OCH3 is 2. The molecular weight excluding hydrogens is 250 g/mol. The van der Waals surface area contributed by atoms with Crippen LogP contribution in [0.1, 0.15) is 11.0 Å². The molecule has 0 saturated heterocycles. The minimum absolute atomic E-state index is 0.169. The number of rotatable bonds is 2. The average Bonchev–Trinajstić information content (AvgIpc) is 2.56. The molecule has 0 N–H and O–H groups in total. The van der Waals surface area contributed by atoms with E-state index in [1.54, 1.807) is 0 Å². The Hall–Kier alpha value is -2.63. The summed E-state index contributed by atoms with van der Waals surface area (Å²) in [6.45, 7) is 0. The molecule has 0 spiro atoms. The van der Waals surface area contributed by atoms with Gasteiger partial charge in [0, 0.05) is 17.2 Å². The second-order valence-electron chi connectivity index (χ2n) is 3.31. The number of esters is 2. The van der Waals surface area contributed by atoms with Gasteiger partial charge in [0.05, 0.1) is 19.7 Å². The second kappa shape index (κ2) is 5.34. The van der Waals surface area contributed by atoms with Gasteiger partial charge in [0.25, 0.3) is 0 Å². The molecule has 2 rings (SSSR count). The molecule has 1 aliphatic heterocycles. The summed E-state index contributed by atoms with van der Waals surface area (Å²) in [6, 6.07) is -2.03. The third-order valence-corrected chi connectivity index (χ3v) is 2.25. The van der Waals surface area contributed by atoms with Crippen LogP contribution in [0, 0.1) is 0 Å². The summed E-state index contributed by atoms with van der Waals surface area (Å²) in [5.74, 6) is -2.06. The van der Waals surface area contributed by atoms with E-state index in [0.29, 0.717) is 0 Å². The first-order valence-electron chi connectivity index (χ1n) is 7.07. The van der Waals surface area contributed by atoms with Gasteiger partial charge in [0.2, 0.25) is 0 Å². The van der Waals surface area contributed by atoms with Crippen LogP contribution in [-0.4, -0.2) is 31.9 Å². The Morgan fingerprint density at radius 1 is 1.32 bits per heavy atom. The Bertz CT molecular complexity index is 772. The Morgan fingerprint density at radius 3 is 2.74 bits per heavy atom. The molecule has 6 nitrogen and oxygen atoms in total. The lowest BCUT2D eigenvalue weighted by atomic mass is 9.99. The van der Waals surface area contributed by atoms with Crippen molar-refractivity contribution in [1.82, 2.24) is 0 Å². The molecule has 0 amide bonds. The van der Waals surface area contributed by atoms with Gasteiger partial charge in [0.1, 0.15) is 0 Å². The van der Waals surface area contributed by atoms with Crippen molar-refractivity contribution in [2.75, 3.05) is 14.2 Å². The molecule has 1 aliphatic rings. The third-order valence-electron chi connectivity index (χ3n) is 2.25. The monoisotopic (exact) mass is 265 g/mol. The molecule has 0 radical (unpaired) electrons. The Balaban J connectivity index is 2.80. The second-order valence-corrected chi connectivity index (χ2v) is 3.31. The van der Waals surface area contributed by atoms with Crippen LogP contribution in [0.15, 0.2) is 35.4 Å². The van der Waals surface area contributed by atoms with Crippen LogP contribution in [-0.2, 0) is 19.1 Å². The first kappa shape index (κ1) is 8.47. The minimum Gasteiger partial charge on any atom is -0.466 e. The fourth-order valence-electron chi connectivity index (χ4n) is 1.38. The molecule has 0 atom stereocenters. The van der Waals surface area contributed by atoms with E-state index in [2.05, 4.69) is 14.6 Å². The van der Waals surface area contributed by atoms with Crippen molar-refractivity contribution >= 4 is 23.2 Å². The number of ether oxygens (including phenoxy) is 2. The summed E-state index contributed by atoms with van der Waals surface area (Å²) in [7, 11) is 2.21. The lowest BCUT2D eigenvalue weighted by Crippen LogP contribution is -2.22. The molecule has 0 unspecified atom stereocenters. The minimum atomic E-state index is -0.932. The van der Waals surface area contributed by atoms with Crippen molar-refractivity contribution in [3.8, 4) is 5.75 Å². The maximum absolute atomic E-state index is 11.8. The van der Waals surface area contributed by atoms with Gasteiger partial charge in [-0.15, -0.1) is 0 Å². The van der Waals surface area contributed by atoms with Gasteiger partial charge in [-0.1, -0.05) is 23.3 Å². The molecule has 0 aromatic heterocycles.